The molecule has 1 aliphatic rings. The van der Waals surface area contributed by atoms with Gasteiger partial charge in [-0.25, -0.2) is 0 Å². The number of nitrogens with zero attached hydrogens (tertiary/aromatic N) is 1. The molecule has 116 valence electrons. The van der Waals surface area contributed by atoms with Crippen molar-refractivity contribution in [2.24, 2.45) is 5.41 Å². The van der Waals surface area contributed by atoms with Crippen molar-refractivity contribution < 1.29 is 9.53 Å². The zero-order valence-electron chi connectivity index (χ0n) is 13.3. The fraction of sp³-hybridized carbons (Fsp3) is 0.588. The molecule has 0 radical (unpaired) electrons. The van der Waals surface area contributed by atoms with Crippen LogP contribution in [0.4, 0.5) is 5.69 Å². The summed E-state index contributed by atoms with van der Waals surface area (Å²) in [5.74, 6) is 0.726. The molecule has 1 fully saturated rings. The standard InChI is InChI=1S/C17H26N2O2/c1-4-17(5-2)7-8-19(12-17)16(20)13-9-14(18)11-15(10-13)21-6-3/h9-11H,4-8,12,18H2,1-3H3. The van der Waals surface area contributed by atoms with Gasteiger partial charge in [-0.15, -0.1) is 0 Å². The molecule has 1 aromatic rings. The molecule has 0 atom stereocenters. The fourth-order valence-corrected chi connectivity index (χ4v) is 3.11. The van der Waals surface area contributed by atoms with E-state index in [2.05, 4.69) is 13.8 Å². The SMILES string of the molecule is CCOc1cc(N)cc(C(=O)N2CCC(CC)(CC)C2)c1. The highest BCUT2D eigenvalue weighted by atomic mass is 16.5. The second kappa shape index (κ2) is 6.37. The summed E-state index contributed by atoms with van der Waals surface area (Å²) in [5.41, 5.74) is 7.37. The minimum Gasteiger partial charge on any atom is -0.494 e. The number of amides is 1. The molecule has 2 N–H and O–H groups in total. The summed E-state index contributed by atoms with van der Waals surface area (Å²) >= 11 is 0. The van der Waals surface area contributed by atoms with Crippen LogP contribution < -0.4 is 10.5 Å². The lowest BCUT2D eigenvalue weighted by Crippen LogP contribution is -2.31. The molecular weight excluding hydrogens is 264 g/mol. The number of benzene rings is 1. The van der Waals surface area contributed by atoms with Gasteiger partial charge < -0.3 is 15.4 Å². The molecule has 0 bridgehead atoms. The van der Waals surface area contributed by atoms with Crippen molar-refractivity contribution in [3.05, 3.63) is 23.8 Å². The quantitative estimate of drug-likeness (QED) is 0.846. The maximum absolute atomic E-state index is 12.7. The van der Waals surface area contributed by atoms with Crippen LogP contribution >= 0.6 is 0 Å². The van der Waals surface area contributed by atoms with Gasteiger partial charge in [0.15, 0.2) is 0 Å². The molecule has 1 aliphatic heterocycles. The summed E-state index contributed by atoms with van der Waals surface area (Å²) in [6.45, 7) is 8.59. The zero-order valence-corrected chi connectivity index (χ0v) is 13.3. The van der Waals surface area contributed by atoms with E-state index in [1.54, 1.807) is 18.2 Å². The number of likely N-dealkylation sites (tertiary alicyclic amines) is 1. The van der Waals surface area contributed by atoms with E-state index in [0.29, 0.717) is 29.0 Å². The molecule has 0 aromatic heterocycles. The molecule has 0 spiro atoms. The number of hydrogen-bond acceptors (Lipinski definition) is 3. The molecule has 1 heterocycles. The Morgan fingerprint density at radius 3 is 2.57 bits per heavy atom. The average Bonchev–Trinajstić information content (AvgIpc) is 2.91. The van der Waals surface area contributed by atoms with E-state index in [4.69, 9.17) is 10.5 Å². The lowest BCUT2D eigenvalue weighted by molar-refractivity contribution is 0.0769. The van der Waals surface area contributed by atoms with Crippen LogP contribution in [0.3, 0.4) is 0 Å². The van der Waals surface area contributed by atoms with Crippen LogP contribution in [0.25, 0.3) is 0 Å². The summed E-state index contributed by atoms with van der Waals surface area (Å²) in [7, 11) is 0. The molecule has 1 amide bonds. The van der Waals surface area contributed by atoms with Crippen molar-refractivity contribution in [3.8, 4) is 5.75 Å². The van der Waals surface area contributed by atoms with Crippen LogP contribution in [0, 0.1) is 5.41 Å². The van der Waals surface area contributed by atoms with Crippen LogP contribution in [0.15, 0.2) is 18.2 Å². The van der Waals surface area contributed by atoms with Gasteiger partial charge in [0.25, 0.3) is 5.91 Å². The maximum Gasteiger partial charge on any atom is 0.254 e. The van der Waals surface area contributed by atoms with E-state index in [1.807, 2.05) is 11.8 Å². The molecule has 1 aromatic carbocycles. The maximum atomic E-state index is 12.7. The van der Waals surface area contributed by atoms with Crippen LogP contribution in [0.5, 0.6) is 5.75 Å². The Bertz CT molecular complexity index is 510. The van der Waals surface area contributed by atoms with E-state index in [1.165, 1.54) is 0 Å². The monoisotopic (exact) mass is 290 g/mol. The summed E-state index contributed by atoms with van der Waals surface area (Å²) in [4.78, 5) is 14.6. The van der Waals surface area contributed by atoms with E-state index in [-0.39, 0.29) is 5.91 Å². The van der Waals surface area contributed by atoms with E-state index >= 15 is 0 Å². The fourth-order valence-electron chi connectivity index (χ4n) is 3.11. The molecular formula is C17H26N2O2. The van der Waals surface area contributed by atoms with Crippen LogP contribution in [0.2, 0.25) is 0 Å². The molecule has 0 saturated carbocycles. The van der Waals surface area contributed by atoms with Gasteiger partial charge in [-0.05, 0) is 43.7 Å². The first-order chi connectivity index (χ1) is 10.0. The topological polar surface area (TPSA) is 55.6 Å². The van der Waals surface area contributed by atoms with Crippen molar-refractivity contribution in [1.82, 2.24) is 4.90 Å². The Hall–Kier alpha value is -1.71. The number of nitrogen functional groups attached to an aromatic ring is 1. The van der Waals surface area contributed by atoms with Gasteiger partial charge in [0.05, 0.1) is 6.61 Å². The predicted molar refractivity (Wildman–Crippen MR) is 85.6 cm³/mol. The van der Waals surface area contributed by atoms with Crippen molar-refractivity contribution in [2.75, 3.05) is 25.4 Å². The average molecular weight is 290 g/mol. The highest BCUT2D eigenvalue weighted by Gasteiger charge is 2.37. The Kier molecular flexibility index (Phi) is 4.76. The van der Waals surface area contributed by atoms with Gasteiger partial charge in [0.1, 0.15) is 5.75 Å². The van der Waals surface area contributed by atoms with Crippen molar-refractivity contribution in [2.45, 2.75) is 40.0 Å². The first-order valence-corrected chi connectivity index (χ1v) is 7.86. The normalized spacial score (nSPS) is 17.0. The number of nitrogens with two attached hydrogens (primary N) is 1. The molecule has 4 nitrogen and oxygen atoms in total. The lowest BCUT2D eigenvalue weighted by atomic mass is 9.82. The number of hydrogen-bond donors (Lipinski definition) is 1. The minimum atomic E-state index is 0.0621. The summed E-state index contributed by atoms with van der Waals surface area (Å²) in [6.07, 6.45) is 3.33. The van der Waals surface area contributed by atoms with E-state index < -0.39 is 0 Å². The molecule has 0 aliphatic carbocycles. The number of rotatable bonds is 5. The molecule has 0 unspecified atom stereocenters. The van der Waals surface area contributed by atoms with Gasteiger partial charge >= 0.3 is 0 Å². The Morgan fingerprint density at radius 2 is 2.00 bits per heavy atom. The molecule has 4 heteroatoms. The first-order valence-electron chi connectivity index (χ1n) is 7.86. The van der Waals surface area contributed by atoms with Gasteiger partial charge in [-0.2, -0.15) is 0 Å². The van der Waals surface area contributed by atoms with Gasteiger partial charge in [0.2, 0.25) is 0 Å². The Labute approximate surface area is 127 Å². The number of carbonyl (C=O) groups is 1. The van der Waals surface area contributed by atoms with Crippen molar-refractivity contribution in [1.29, 1.82) is 0 Å². The first kappa shape index (κ1) is 15.7. The minimum absolute atomic E-state index is 0.0621. The molecule has 1 saturated heterocycles. The molecule has 21 heavy (non-hydrogen) atoms. The zero-order chi connectivity index (χ0) is 15.5. The summed E-state index contributed by atoms with van der Waals surface area (Å²) in [6, 6.07) is 5.29. The second-order valence-electron chi connectivity index (χ2n) is 5.91. The smallest absolute Gasteiger partial charge is 0.254 e. The Morgan fingerprint density at radius 1 is 1.29 bits per heavy atom. The van der Waals surface area contributed by atoms with E-state index in [0.717, 1.165) is 32.4 Å². The third-order valence-electron chi connectivity index (χ3n) is 4.71. The number of ether oxygens (including phenoxy) is 1. The van der Waals surface area contributed by atoms with Gasteiger partial charge in [0, 0.05) is 30.4 Å². The Balaban J connectivity index is 2.17. The van der Waals surface area contributed by atoms with Gasteiger partial charge in [-0.3, -0.25) is 4.79 Å². The second-order valence-corrected chi connectivity index (χ2v) is 5.91. The van der Waals surface area contributed by atoms with Crippen molar-refractivity contribution >= 4 is 11.6 Å². The lowest BCUT2D eigenvalue weighted by Gasteiger charge is -2.26. The largest absolute Gasteiger partial charge is 0.494 e. The van der Waals surface area contributed by atoms with Crippen LogP contribution in [-0.2, 0) is 0 Å². The third kappa shape index (κ3) is 3.31. The van der Waals surface area contributed by atoms with Crippen LogP contribution in [-0.4, -0.2) is 30.5 Å². The van der Waals surface area contributed by atoms with Gasteiger partial charge in [-0.1, -0.05) is 13.8 Å². The summed E-state index contributed by atoms with van der Waals surface area (Å²) in [5, 5.41) is 0. The molecule has 2 rings (SSSR count). The van der Waals surface area contributed by atoms with Crippen molar-refractivity contribution in [3.63, 3.8) is 0 Å². The van der Waals surface area contributed by atoms with Crippen LogP contribution in [0.1, 0.15) is 50.4 Å². The number of carbonyl (C=O) groups excluding carboxylic acids is 1. The third-order valence-corrected chi connectivity index (χ3v) is 4.71. The van der Waals surface area contributed by atoms with E-state index in [9.17, 15) is 4.79 Å². The highest BCUT2D eigenvalue weighted by molar-refractivity contribution is 5.95. The summed E-state index contributed by atoms with van der Waals surface area (Å²) < 4.78 is 5.47. The number of anilines is 1. The predicted octanol–water partition coefficient (Wildman–Crippen LogP) is 3.32. The highest BCUT2D eigenvalue weighted by Crippen LogP contribution is 2.37.